The highest BCUT2D eigenvalue weighted by Gasteiger charge is 2.22. The molecule has 2 atom stereocenters. The average molecular weight is 169 g/mol. The Morgan fingerprint density at radius 1 is 1.42 bits per heavy atom. The van der Waals surface area contributed by atoms with E-state index >= 15 is 0 Å². The summed E-state index contributed by atoms with van der Waals surface area (Å²) in [7, 11) is 2.07. The molecule has 0 radical (unpaired) electrons. The zero-order chi connectivity index (χ0) is 9.14. The molecular weight excluding hydrogens is 150 g/mol. The third-order valence-electron chi connectivity index (χ3n) is 2.41. The minimum Gasteiger partial charge on any atom is -0.355 e. The van der Waals surface area contributed by atoms with Crippen LogP contribution in [0.5, 0.6) is 0 Å². The van der Waals surface area contributed by atoms with Crippen molar-refractivity contribution in [3.63, 3.8) is 0 Å². The van der Waals surface area contributed by atoms with Gasteiger partial charge in [-0.2, -0.15) is 0 Å². The summed E-state index contributed by atoms with van der Waals surface area (Å²) in [4.78, 5) is 2.15. The number of nitrogens with zero attached hydrogens (tertiary/aromatic N) is 1. The van der Waals surface area contributed by atoms with Gasteiger partial charge in [-0.25, -0.2) is 0 Å². The molecule has 1 heterocycles. The smallest absolute Gasteiger partial charge is 0.129 e. The second-order valence-electron chi connectivity index (χ2n) is 3.43. The zero-order valence-electron chi connectivity index (χ0n) is 8.50. The summed E-state index contributed by atoms with van der Waals surface area (Å²) < 4.78 is 5.87. The Labute approximate surface area is 75.2 Å². The van der Waals surface area contributed by atoms with E-state index in [0.717, 1.165) is 12.8 Å². The topological polar surface area (TPSA) is 12.5 Å². The van der Waals surface area contributed by atoms with Crippen LogP contribution in [0.15, 0.2) is 11.8 Å². The van der Waals surface area contributed by atoms with Crippen LogP contribution in [0.1, 0.15) is 33.6 Å². The molecule has 0 N–H and O–H groups in total. The van der Waals surface area contributed by atoms with Crippen molar-refractivity contribution < 1.29 is 4.74 Å². The van der Waals surface area contributed by atoms with Crippen LogP contribution in [0.25, 0.3) is 0 Å². The Bertz CT molecular complexity index is 177. The highest BCUT2D eigenvalue weighted by molar-refractivity contribution is 5.07. The Morgan fingerprint density at radius 2 is 2.08 bits per heavy atom. The van der Waals surface area contributed by atoms with E-state index in [0.29, 0.717) is 6.10 Å². The van der Waals surface area contributed by atoms with Gasteiger partial charge in [0.05, 0.1) is 6.10 Å². The van der Waals surface area contributed by atoms with E-state index in [1.807, 2.05) is 0 Å². The van der Waals surface area contributed by atoms with Crippen LogP contribution in [-0.2, 0) is 4.74 Å². The lowest BCUT2D eigenvalue weighted by Gasteiger charge is -2.35. The lowest BCUT2D eigenvalue weighted by atomic mass is 10.1. The van der Waals surface area contributed by atoms with E-state index in [1.54, 1.807) is 0 Å². The van der Waals surface area contributed by atoms with Gasteiger partial charge in [0.2, 0.25) is 0 Å². The molecule has 0 saturated carbocycles. The maximum Gasteiger partial charge on any atom is 0.129 e. The van der Waals surface area contributed by atoms with Gasteiger partial charge in [-0.15, -0.1) is 0 Å². The first-order valence-corrected chi connectivity index (χ1v) is 4.74. The van der Waals surface area contributed by atoms with Crippen LogP contribution >= 0.6 is 0 Å². The molecule has 2 nitrogen and oxygen atoms in total. The van der Waals surface area contributed by atoms with Crippen LogP contribution < -0.4 is 0 Å². The van der Waals surface area contributed by atoms with Crippen molar-refractivity contribution in [2.75, 3.05) is 7.05 Å². The molecule has 2 heteroatoms. The summed E-state index contributed by atoms with van der Waals surface area (Å²) in [6.45, 7) is 6.46. The molecule has 0 aromatic carbocycles. The van der Waals surface area contributed by atoms with Gasteiger partial charge in [0.25, 0.3) is 0 Å². The molecule has 1 aliphatic rings. The van der Waals surface area contributed by atoms with E-state index in [2.05, 4.69) is 38.9 Å². The molecule has 0 saturated heterocycles. The molecule has 0 spiro atoms. The predicted molar refractivity (Wildman–Crippen MR) is 50.8 cm³/mol. The monoisotopic (exact) mass is 169 g/mol. The normalized spacial score (nSPS) is 30.3. The van der Waals surface area contributed by atoms with E-state index < -0.39 is 0 Å². The molecule has 0 aromatic rings. The summed E-state index contributed by atoms with van der Waals surface area (Å²) >= 11 is 0. The van der Waals surface area contributed by atoms with Gasteiger partial charge in [-0.05, 0) is 25.3 Å². The van der Waals surface area contributed by atoms with E-state index in [1.165, 1.54) is 5.57 Å². The van der Waals surface area contributed by atoms with Crippen molar-refractivity contribution in [2.45, 2.75) is 45.9 Å². The van der Waals surface area contributed by atoms with Gasteiger partial charge >= 0.3 is 0 Å². The molecule has 0 aromatic heterocycles. The second-order valence-corrected chi connectivity index (χ2v) is 3.43. The van der Waals surface area contributed by atoms with Crippen molar-refractivity contribution in [2.24, 2.45) is 0 Å². The van der Waals surface area contributed by atoms with Gasteiger partial charge < -0.3 is 9.64 Å². The number of rotatable bonds is 2. The molecule has 0 bridgehead atoms. The standard InChI is InChI=1S/C10H19NO/c1-5-9-8(3)7-11(4)10(6-2)12-9/h7,9-10H,5-6H2,1-4H3. The Morgan fingerprint density at radius 3 is 2.58 bits per heavy atom. The van der Waals surface area contributed by atoms with Gasteiger partial charge in [-0.3, -0.25) is 0 Å². The summed E-state index contributed by atoms with van der Waals surface area (Å²) in [5.74, 6) is 0. The lowest BCUT2D eigenvalue weighted by Crippen LogP contribution is -2.38. The summed E-state index contributed by atoms with van der Waals surface area (Å²) in [5.41, 5.74) is 1.34. The zero-order valence-corrected chi connectivity index (χ0v) is 8.50. The molecule has 0 aliphatic carbocycles. The predicted octanol–water partition coefficient (Wildman–Crippen LogP) is 2.37. The van der Waals surface area contributed by atoms with E-state index in [9.17, 15) is 0 Å². The lowest BCUT2D eigenvalue weighted by molar-refractivity contribution is -0.0778. The van der Waals surface area contributed by atoms with Gasteiger partial charge in [0.1, 0.15) is 6.23 Å². The first-order chi connectivity index (χ1) is 5.69. The average Bonchev–Trinajstić information content (AvgIpc) is 2.05. The minimum atomic E-state index is 0.277. The van der Waals surface area contributed by atoms with Gasteiger partial charge in [0, 0.05) is 13.2 Å². The molecule has 2 unspecified atom stereocenters. The first-order valence-electron chi connectivity index (χ1n) is 4.74. The summed E-state index contributed by atoms with van der Waals surface area (Å²) in [5, 5.41) is 0. The molecule has 0 fully saturated rings. The Hall–Kier alpha value is -0.500. The molecule has 1 rings (SSSR count). The number of ether oxygens (including phenoxy) is 1. The van der Waals surface area contributed by atoms with Crippen LogP contribution in [0.2, 0.25) is 0 Å². The van der Waals surface area contributed by atoms with Gasteiger partial charge in [0.15, 0.2) is 0 Å². The Kier molecular flexibility index (Phi) is 3.15. The van der Waals surface area contributed by atoms with Crippen molar-refractivity contribution in [3.8, 4) is 0 Å². The maximum atomic E-state index is 5.87. The van der Waals surface area contributed by atoms with Crippen LogP contribution in [0, 0.1) is 0 Å². The van der Waals surface area contributed by atoms with Crippen molar-refractivity contribution in [3.05, 3.63) is 11.8 Å². The molecule has 1 aliphatic heterocycles. The number of hydrogen-bond acceptors (Lipinski definition) is 2. The highest BCUT2D eigenvalue weighted by Crippen LogP contribution is 2.21. The number of hydrogen-bond donors (Lipinski definition) is 0. The fourth-order valence-electron chi connectivity index (χ4n) is 1.68. The Balaban J connectivity index is 2.68. The SMILES string of the molecule is CCC1OC(CC)N(C)C=C1C. The van der Waals surface area contributed by atoms with Crippen molar-refractivity contribution in [1.29, 1.82) is 0 Å². The third-order valence-corrected chi connectivity index (χ3v) is 2.41. The van der Waals surface area contributed by atoms with Crippen molar-refractivity contribution >= 4 is 0 Å². The molecule has 70 valence electrons. The highest BCUT2D eigenvalue weighted by atomic mass is 16.5. The first kappa shape index (κ1) is 9.59. The molecule has 0 amide bonds. The minimum absolute atomic E-state index is 0.277. The fraction of sp³-hybridized carbons (Fsp3) is 0.800. The summed E-state index contributed by atoms with van der Waals surface area (Å²) in [6.07, 6.45) is 4.94. The fourth-order valence-corrected chi connectivity index (χ4v) is 1.68. The molecular formula is C10H19NO. The van der Waals surface area contributed by atoms with E-state index in [-0.39, 0.29) is 6.23 Å². The summed E-state index contributed by atoms with van der Waals surface area (Å²) in [6, 6.07) is 0. The largest absolute Gasteiger partial charge is 0.355 e. The van der Waals surface area contributed by atoms with Crippen LogP contribution in [0.3, 0.4) is 0 Å². The molecule has 12 heavy (non-hydrogen) atoms. The van der Waals surface area contributed by atoms with E-state index in [4.69, 9.17) is 4.74 Å². The quantitative estimate of drug-likeness (QED) is 0.629. The third kappa shape index (κ3) is 1.81. The van der Waals surface area contributed by atoms with Crippen LogP contribution in [-0.4, -0.2) is 24.3 Å². The van der Waals surface area contributed by atoms with Crippen molar-refractivity contribution in [1.82, 2.24) is 4.90 Å². The van der Waals surface area contributed by atoms with Gasteiger partial charge in [-0.1, -0.05) is 13.8 Å². The second kappa shape index (κ2) is 3.94. The maximum absolute atomic E-state index is 5.87. The van der Waals surface area contributed by atoms with Crippen LogP contribution in [0.4, 0.5) is 0 Å².